The van der Waals surface area contributed by atoms with Crippen LogP contribution in [-0.2, 0) is 0 Å². The topological polar surface area (TPSA) is 0 Å². The summed E-state index contributed by atoms with van der Waals surface area (Å²) < 4.78 is 0. The van der Waals surface area contributed by atoms with E-state index in [4.69, 9.17) is 0 Å². The minimum atomic E-state index is 0.796. The van der Waals surface area contributed by atoms with Crippen molar-refractivity contribution in [2.24, 2.45) is 35.0 Å². The molecule has 0 amide bonds. The van der Waals surface area contributed by atoms with Crippen LogP contribution < -0.4 is 0 Å². The van der Waals surface area contributed by atoms with Gasteiger partial charge in [-0.1, -0.05) is 20.8 Å². The summed E-state index contributed by atoms with van der Waals surface area (Å²) in [6, 6.07) is 0. The molecule has 3 rings (SSSR count). The molecule has 3 aliphatic rings. The van der Waals surface area contributed by atoms with Gasteiger partial charge in [-0.15, -0.1) is 0 Å². The first-order chi connectivity index (χ1) is 5.15. The van der Waals surface area contributed by atoms with Gasteiger partial charge in [0.25, 0.3) is 0 Å². The highest BCUT2D eigenvalue weighted by Gasteiger charge is 2.69. The van der Waals surface area contributed by atoms with E-state index in [2.05, 4.69) is 20.8 Å². The molecule has 0 aromatic carbocycles. The van der Waals surface area contributed by atoms with Gasteiger partial charge in [0.2, 0.25) is 0 Å². The van der Waals surface area contributed by atoms with Crippen molar-refractivity contribution in [3.05, 3.63) is 0 Å². The van der Waals surface area contributed by atoms with E-state index < -0.39 is 0 Å². The molecule has 0 aromatic heterocycles. The van der Waals surface area contributed by atoms with E-state index >= 15 is 0 Å². The Morgan fingerprint density at radius 2 is 1.91 bits per heavy atom. The molecule has 3 fully saturated rings. The fourth-order valence-corrected chi connectivity index (χ4v) is 4.76. The molecular formula is C11H18. The predicted octanol–water partition coefficient (Wildman–Crippen LogP) is 2.93. The first-order valence-electron chi connectivity index (χ1n) is 5.15. The summed E-state index contributed by atoms with van der Waals surface area (Å²) in [5.74, 6) is 5.44. The lowest BCUT2D eigenvalue weighted by atomic mass is 9.51. The molecule has 6 atom stereocenters. The third-order valence-corrected chi connectivity index (χ3v) is 5.71. The average Bonchev–Trinajstić information content (AvgIpc) is 2.22. The van der Waals surface area contributed by atoms with Crippen LogP contribution in [0.4, 0.5) is 0 Å². The number of rotatable bonds is 0. The van der Waals surface area contributed by atoms with Crippen LogP contribution in [0.5, 0.6) is 0 Å². The third-order valence-electron chi connectivity index (χ3n) is 5.71. The van der Waals surface area contributed by atoms with Crippen molar-refractivity contribution in [1.29, 1.82) is 0 Å². The molecule has 0 N–H and O–H groups in total. The highest BCUT2D eigenvalue weighted by Crippen LogP contribution is 2.75. The fraction of sp³-hybridized carbons (Fsp3) is 1.00. The molecule has 2 bridgehead atoms. The average molecular weight is 150 g/mol. The van der Waals surface area contributed by atoms with Crippen LogP contribution in [0.25, 0.3) is 0 Å². The van der Waals surface area contributed by atoms with Gasteiger partial charge in [-0.05, 0) is 47.8 Å². The normalized spacial score (nSPS) is 71.7. The fourth-order valence-electron chi connectivity index (χ4n) is 4.76. The Kier molecular flexibility index (Phi) is 0.906. The van der Waals surface area contributed by atoms with Crippen molar-refractivity contribution in [2.75, 3.05) is 0 Å². The summed E-state index contributed by atoms with van der Waals surface area (Å²) in [7, 11) is 0. The van der Waals surface area contributed by atoms with E-state index in [1.165, 1.54) is 0 Å². The number of fused-ring (bicyclic) bond motifs is 1. The lowest BCUT2D eigenvalue weighted by Gasteiger charge is -2.54. The molecule has 3 aliphatic carbocycles. The van der Waals surface area contributed by atoms with Gasteiger partial charge < -0.3 is 0 Å². The van der Waals surface area contributed by atoms with Crippen LogP contribution in [-0.4, -0.2) is 0 Å². The molecule has 0 heterocycles. The van der Waals surface area contributed by atoms with Crippen LogP contribution >= 0.6 is 0 Å². The lowest BCUT2D eigenvalue weighted by Crippen LogP contribution is -2.47. The maximum absolute atomic E-state index is 2.56. The van der Waals surface area contributed by atoms with Crippen molar-refractivity contribution < 1.29 is 0 Å². The van der Waals surface area contributed by atoms with Gasteiger partial charge in [-0.25, -0.2) is 0 Å². The van der Waals surface area contributed by atoms with Gasteiger partial charge in [0.05, 0.1) is 0 Å². The first kappa shape index (κ1) is 6.51. The molecule has 0 aromatic rings. The largest absolute Gasteiger partial charge is 0.0619 e. The smallest absolute Gasteiger partial charge is 0.0238 e. The molecule has 0 spiro atoms. The minimum absolute atomic E-state index is 0.796. The Morgan fingerprint density at radius 1 is 1.18 bits per heavy atom. The molecule has 0 heteroatoms. The summed E-state index contributed by atoms with van der Waals surface area (Å²) >= 11 is 0. The van der Waals surface area contributed by atoms with Gasteiger partial charge in [-0.3, -0.25) is 0 Å². The Balaban J connectivity index is 2.08. The van der Waals surface area contributed by atoms with Crippen LogP contribution in [0.3, 0.4) is 0 Å². The third kappa shape index (κ3) is 0.443. The monoisotopic (exact) mass is 150 g/mol. The van der Waals surface area contributed by atoms with Crippen molar-refractivity contribution in [2.45, 2.75) is 33.6 Å². The van der Waals surface area contributed by atoms with E-state index in [0.717, 1.165) is 35.0 Å². The van der Waals surface area contributed by atoms with Crippen molar-refractivity contribution in [3.8, 4) is 0 Å². The van der Waals surface area contributed by atoms with Crippen molar-refractivity contribution >= 4 is 0 Å². The van der Waals surface area contributed by atoms with E-state index in [1.54, 1.807) is 12.8 Å². The molecule has 0 aliphatic heterocycles. The quantitative estimate of drug-likeness (QED) is 0.498. The number of hydrogen-bond acceptors (Lipinski definition) is 0. The van der Waals surface area contributed by atoms with Gasteiger partial charge in [-0.2, -0.15) is 0 Å². The van der Waals surface area contributed by atoms with E-state index in [0.29, 0.717) is 0 Å². The molecule has 6 unspecified atom stereocenters. The van der Waals surface area contributed by atoms with Gasteiger partial charge in [0.15, 0.2) is 0 Å². The standard InChI is InChI=1S/C11H18/c1-6-9-4-8-5-10(6)11(8,3)7(9)2/h6-10H,4-5H2,1-3H3. The Labute approximate surface area is 69.4 Å². The van der Waals surface area contributed by atoms with Gasteiger partial charge in [0.1, 0.15) is 0 Å². The van der Waals surface area contributed by atoms with Crippen molar-refractivity contribution in [1.82, 2.24) is 0 Å². The van der Waals surface area contributed by atoms with Crippen molar-refractivity contribution in [3.63, 3.8) is 0 Å². The first-order valence-corrected chi connectivity index (χ1v) is 5.15. The summed E-state index contributed by atoms with van der Waals surface area (Å²) in [5.41, 5.74) is 0.796. The summed E-state index contributed by atoms with van der Waals surface area (Å²) in [6.45, 7) is 7.55. The van der Waals surface area contributed by atoms with Gasteiger partial charge >= 0.3 is 0 Å². The summed E-state index contributed by atoms with van der Waals surface area (Å²) in [6.07, 6.45) is 3.13. The van der Waals surface area contributed by atoms with Crippen LogP contribution in [0.2, 0.25) is 0 Å². The van der Waals surface area contributed by atoms with E-state index in [-0.39, 0.29) is 0 Å². The minimum Gasteiger partial charge on any atom is -0.0619 e. The highest BCUT2D eigenvalue weighted by atomic mass is 14.7. The molecule has 0 saturated heterocycles. The molecule has 0 nitrogen and oxygen atoms in total. The maximum Gasteiger partial charge on any atom is -0.0238 e. The Hall–Kier alpha value is 0. The van der Waals surface area contributed by atoms with Gasteiger partial charge in [0, 0.05) is 0 Å². The van der Waals surface area contributed by atoms with Crippen LogP contribution in [0, 0.1) is 35.0 Å². The second-order valence-electron chi connectivity index (χ2n) is 5.45. The molecule has 3 saturated carbocycles. The summed E-state index contributed by atoms with van der Waals surface area (Å²) in [5, 5.41) is 0. The zero-order valence-corrected chi connectivity index (χ0v) is 7.80. The van der Waals surface area contributed by atoms with Crippen LogP contribution in [0.15, 0.2) is 0 Å². The SMILES string of the molecule is CC1C2CC3CC1C3(C)C2C. The van der Waals surface area contributed by atoms with E-state index in [1.807, 2.05) is 0 Å². The predicted molar refractivity (Wildman–Crippen MR) is 46.1 cm³/mol. The lowest BCUT2D eigenvalue weighted by molar-refractivity contribution is -0.0545. The molecular weight excluding hydrogens is 132 g/mol. The Morgan fingerprint density at radius 3 is 2.18 bits per heavy atom. The zero-order chi connectivity index (χ0) is 7.80. The highest BCUT2D eigenvalue weighted by molar-refractivity contribution is 5.17. The molecule has 11 heavy (non-hydrogen) atoms. The zero-order valence-electron chi connectivity index (χ0n) is 7.80. The second kappa shape index (κ2) is 1.53. The second-order valence-corrected chi connectivity index (χ2v) is 5.45. The number of hydrogen-bond donors (Lipinski definition) is 0. The Bertz CT molecular complexity index is 202. The summed E-state index contributed by atoms with van der Waals surface area (Å²) in [4.78, 5) is 0. The van der Waals surface area contributed by atoms with Crippen LogP contribution in [0.1, 0.15) is 33.6 Å². The molecule has 62 valence electrons. The maximum atomic E-state index is 2.56. The van der Waals surface area contributed by atoms with E-state index in [9.17, 15) is 0 Å². The molecule has 0 radical (unpaired) electrons.